The van der Waals surface area contributed by atoms with E-state index in [2.05, 4.69) is 0 Å². The second-order valence-corrected chi connectivity index (χ2v) is 7.13. The zero-order valence-electron chi connectivity index (χ0n) is 15.2. The minimum absolute atomic E-state index is 0.201. The molecular formula is C22H17ClN2O4. The number of amides is 1. The van der Waals surface area contributed by atoms with Crippen LogP contribution in [0.25, 0.3) is 21.8 Å². The number of rotatable bonds is 5. The zero-order valence-corrected chi connectivity index (χ0v) is 15.9. The minimum atomic E-state index is -1.74. The second-order valence-electron chi connectivity index (χ2n) is 6.72. The molecule has 0 saturated heterocycles. The molecule has 3 aromatic carbocycles. The Morgan fingerprint density at radius 3 is 2.28 bits per heavy atom. The molecule has 4 rings (SSSR count). The number of hydrogen-bond acceptors (Lipinski definition) is 3. The van der Waals surface area contributed by atoms with Gasteiger partial charge in [-0.15, -0.1) is 0 Å². The van der Waals surface area contributed by atoms with Gasteiger partial charge < -0.3 is 20.5 Å². The Balaban J connectivity index is 2.12. The highest BCUT2D eigenvalue weighted by Gasteiger charge is 2.24. The van der Waals surface area contributed by atoms with E-state index in [0.29, 0.717) is 33.4 Å². The fraction of sp³-hybridized carbons (Fsp3) is 0.0909. The molecule has 29 heavy (non-hydrogen) atoms. The molecule has 1 atom stereocenters. The van der Waals surface area contributed by atoms with Gasteiger partial charge >= 0.3 is 5.97 Å². The third-order valence-corrected chi connectivity index (χ3v) is 5.40. The van der Waals surface area contributed by atoms with Gasteiger partial charge in [-0.25, -0.2) is 4.79 Å². The maximum absolute atomic E-state index is 12.1. The summed E-state index contributed by atoms with van der Waals surface area (Å²) in [7, 11) is 0. The first-order valence-electron chi connectivity index (χ1n) is 8.88. The number of primary amides is 1. The quantitative estimate of drug-likeness (QED) is 0.468. The van der Waals surface area contributed by atoms with Crippen LogP contribution in [0.3, 0.4) is 0 Å². The summed E-state index contributed by atoms with van der Waals surface area (Å²) in [5.74, 6) is -2.01. The Bertz CT molecular complexity index is 1280. The number of carboxylic acids is 1. The summed E-state index contributed by atoms with van der Waals surface area (Å²) >= 11 is 6.34. The zero-order chi connectivity index (χ0) is 20.7. The van der Waals surface area contributed by atoms with Gasteiger partial charge in [0.25, 0.3) is 0 Å². The van der Waals surface area contributed by atoms with E-state index in [1.807, 2.05) is 34.9 Å². The fourth-order valence-electron chi connectivity index (χ4n) is 3.75. The summed E-state index contributed by atoms with van der Waals surface area (Å²) in [4.78, 5) is 23.6. The van der Waals surface area contributed by atoms with Crippen molar-refractivity contribution < 1.29 is 19.8 Å². The lowest BCUT2D eigenvalue weighted by Crippen LogP contribution is -2.12. The number of nitrogens with two attached hydrogens (primary N) is 1. The standard InChI is InChI=1S/C22H17ClN2O4/c23-15-8-2-1-5-12(15)11-25-16-9-3-6-13(20(26)22(28)29)18(16)19-14(21(24)27)7-4-10-17(19)25/h1-10,20,26H,11H2,(H2,24,27)(H,28,29). The number of hydrogen-bond donors (Lipinski definition) is 3. The van der Waals surface area contributed by atoms with E-state index in [9.17, 15) is 19.8 Å². The molecule has 7 heteroatoms. The number of benzene rings is 3. The number of nitrogens with zero attached hydrogens (tertiary/aromatic N) is 1. The molecule has 6 nitrogen and oxygen atoms in total. The van der Waals surface area contributed by atoms with Crippen LogP contribution in [-0.2, 0) is 11.3 Å². The highest BCUT2D eigenvalue weighted by molar-refractivity contribution is 6.31. The second kappa shape index (κ2) is 7.24. The number of aliphatic carboxylic acids is 1. The monoisotopic (exact) mass is 408 g/mol. The van der Waals surface area contributed by atoms with Crippen molar-refractivity contribution in [3.05, 3.63) is 82.4 Å². The van der Waals surface area contributed by atoms with Crippen molar-refractivity contribution in [3.63, 3.8) is 0 Å². The molecule has 0 bridgehead atoms. The summed E-state index contributed by atoms with van der Waals surface area (Å²) in [5, 5.41) is 21.2. The molecule has 146 valence electrons. The largest absolute Gasteiger partial charge is 0.479 e. The van der Waals surface area contributed by atoms with Crippen molar-refractivity contribution in [1.82, 2.24) is 4.57 Å². The number of fused-ring (bicyclic) bond motifs is 3. The SMILES string of the molecule is NC(=O)c1cccc2c1c1c(C(O)C(=O)O)cccc1n2Cc1ccccc1Cl. The number of carbonyl (C=O) groups excluding carboxylic acids is 1. The van der Waals surface area contributed by atoms with Crippen LogP contribution < -0.4 is 5.73 Å². The van der Waals surface area contributed by atoms with E-state index in [1.54, 1.807) is 24.3 Å². The maximum Gasteiger partial charge on any atom is 0.337 e. The van der Waals surface area contributed by atoms with Crippen LogP contribution in [0, 0.1) is 0 Å². The molecule has 0 radical (unpaired) electrons. The smallest absolute Gasteiger partial charge is 0.337 e. The summed E-state index contributed by atoms with van der Waals surface area (Å²) < 4.78 is 1.94. The molecule has 0 saturated carbocycles. The van der Waals surface area contributed by atoms with Crippen LogP contribution in [0.1, 0.15) is 27.6 Å². The lowest BCUT2D eigenvalue weighted by molar-refractivity contribution is -0.146. The lowest BCUT2D eigenvalue weighted by Gasteiger charge is -2.11. The van der Waals surface area contributed by atoms with Crippen LogP contribution >= 0.6 is 11.6 Å². The Hall–Kier alpha value is -3.35. The van der Waals surface area contributed by atoms with Crippen molar-refractivity contribution in [1.29, 1.82) is 0 Å². The third kappa shape index (κ3) is 3.12. The number of carboxylic acid groups (broad SMARTS) is 1. The van der Waals surface area contributed by atoms with E-state index in [0.717, 1.165) is 5.56 Å². The predicted molar refractivity (Wildman–Crippen MR) is 111 cm³/mol. The van der Waals surface area contributed by atoms with Gasteiger partial charge in [0.15, 0.2) is 6.10 Å². The van der Waals surface area contributed by atoms with Gasteiger partial charge in [-0.1, -0.05) is 48.0 Å². The number of carbonyl (C=O) groups is 2. The Kier molecular flexibility index (Phi) is 4.74. The Labute approximate surface area is 170 Å². The fourth-order valence-corrected chi connectivity index (χ4v) is 3.94. The molecule has 4 N–H and O–H groups in total. The third-order valence-electron chi connectivity index (χ3n) is 5.03. The average molecular weight is 409 g/mol. The maximum atomic E-state index is 12.1. The van der Waals surface area contributed by atoms with Crippen molar-refractivity contribution in [2.24, 2.45) is 5.73 Å². The molecule has 4 aromatic rings. The van der Waals surface area contributed by atoms with Crippen molar-refractivity contribution >= 4 is 45.3 Å². The molecule has 1 amide bonds. The Morgan fingerprint density at radius 1 is 0.966 bits per heavy atom. The van der Waals surface area contributed by atoms with Crippen molar-refractivity contribution in [2.45, 2.75) is 12.6 Å². The minimum Gasteiger partial charge on any atom is -0.479 e. The van der Waals surface area contributed by atoms with E-state index >= 15 is 0 Å². The first-order valence-corrected chi connectivity index (χ1v) is 9.26. The number of aliphatic hydroxyl groups is 1. The van der Waals surface area contributed by atoms with E-state index < -0.39 is 18.0 Å². The van der Waals surface area contributed by atoms with Crippen molar-refractivity contribution in [3.8, 4) is 0 Å². The normalized spacial score (nSPS) is 12.3. The topological polar surface area (TPSA) is 106 Å². The highest BCUT2D eigenvalue weighted by Crippen LogP contribution is 2.37. The van der Waals surface area contributed by atoms with Gasteiger partial charge in [0.2, 0.25) is 5.91 Å². The summed E-state index contributed by atoms with van der Waals surface area (Å²) in [5.41, 5.74) is 8.29. The number of aromatic nitrogens is 1. The molecular weight excluding hydrogens is 392 g/mol. The van der Waals surface area contributed by atoms with Gasteiger partial charge in [-0.2, -0.15) is 0 Å². The molecule has 1 aromatic heterocycles. The van der Waals surface area contributed by atoms with Crippen LogP contribution in [0.5, 0.6) is 0 Å². The summed E-state index contributed by atoms with van der Waals surface area (Å²) in [6.45, 7) is 0.397. The first kappa shape index (κ1) is 19.0. The molecule has 1 heterocycles. The van der Waals surface area contributed by atoms with Gasteiger partial charge in [-0.05, 0) is 29.8 Å². The molecule has 0 aliphatic carbocycles. The highest BCUT2D eigenvalue weighted by atomic mass is 35.5. The van der Waals surface area contributed by atoms with E-state index in [4.69, 9.17) is 17.3 Å². The van der Waals surface area contributed by atoms with Gasteiger partial charge in [0.1, 0.15) is 0 Å². The predicted octanol–water partition coefficient (Wildman–Crippen LogP) is 3.71. The van der Waals surface area contributed by atoms with Crippen LogP contribution in [0.4, 0.5) is 0 Å². The molecule has 0 aliphatic rings. The molecule has 0 aliphatic heterocycles. The average Bonchev–Trinajstić information content (AvgIpc) is 3.03. The Morgan fingerprint density at radius 2 is 1.62 bits per heavy atom. The van der Waals surface area contributed by atoms with Gasteiger partial charge in [0.05, 0.1) is 5.52 Å². The van der Waals surface area contributed by atoms with Crippen molar-refractivity contribution in [2.75, 3.05) is 0 Å². The van der Waals surface area contributed by atoms with Crippen LogP contribution in [-0.4, -0.2) is 26.7 Å². The van der Waals surface area contributed by atoms with Crippen LogP contribution in [0.15, 0.2) is 60.7 Å². The number of aliphatic hydroxyl groups excluding tert-OH is 1. The van der Waals surface area contributed by atoms with Crippen LogP contribution in [0.2, 0.25) is 5.02 Å². The van der Waals surface area contributed by atoms with E-state index in [1.165, 1.54) is 6.07 Å². The van der Waals surface area contributed by atoms with E-state index in [-0.39, 0.29) is 11.1 Å². The first-order chi connectivity index (χ1) is 13.9. The van der Waals surface area contributed by atoms with Gasteiger partial charge in [0, 0.05) is 39.0 Å². The summed E-state index contributed by atoms with van der Waals surface area (Å²) in [6.07, 6.45) is -1.74. The molecule has 0 fully saturated rings. The summed E-state index contributed by atoms with van der Waals surface area (Å²) in [6, 6.07) is 17.6. The number of halogens is 1. The van der Waals surface area contributed by atoms with Gasteiger partial charge in [-0.3, -0.25) is 4.79 Å². The lowest BCUT2D eigenvalue weighted by atomic mass is 9.99. The molecule has 0 spiro atoms. The molecule has 1 unspecified atom stereocenters.